The van der Waals surface area contributed by atoms with Gasteiger partial charge in [-0.3, -0.25) is 5.21 Å². The number of hydrogen-bond acceptors (Lipinski definition) is 4. The summed E-state index contributed by atoms with van der Waals surface area (Å²) in [5, 5.41) is 10.9. The van der Waals surface area contributed by atoms with Crippen LogP contribution in [-0.2, 0) is 24.2 Å². The fraction of sp³-hybridized carbons (Fsp3) is 0.435. The maximum Gasteiger partial charge on any atom is 0.438 e. The monoisotopic (exact) mass is 383 g/mol. The van der Waals surface area contributed by atoms with E-state index >= 15 is 0 Å². The first-order valence-corrected chi connectivity index (χ1v) is 9.94. The number of carbonyl (C=O) groups excluding carboxylic acids is 1. The molecule has 0 atom stereocenters. The Bertz CT molecular complexity index is 858. The fourth-order valence-electron chi connectivity index (χ4n) is 3.63. The molecule has 1 aliphatic carbocycles. The molecule has 5 nitrogen and oxygen atoms in total. The Morgan fingerprint density at radius 1 is 1.18 bits per heavy atom. The molecule has 0 aliphatic heterocycles. The third kappa shape index (κ3) is 4.14. The fourth-order valence-corrected chi connectivity index (χ4v) is 3.63. The highest BCUT2D eigenvalue weighted by Crippen LogP contribution is 2.44. The largest absolute Gasteiger partial charge is 0.489 e. The van der Waals surface area contributed by atoms with Gasteiger partial charge in [0.2, 0.25) is 0 Å². The minimum absolute atomic E-state index is 0.286. The number of amides is 1. The molecule has 0 radical (unpaired) electrons. The average molecular weight is 383 g/mol. The highest BCUT2D eigenvalue weighted by atomic mass is 16.6. The number of methoxy groups -OCH3 is 1. The lowest BCUT2D eigenvalue weighted by Crippen LogP contribution is -2.28. The Balaban J connectivity index is 1.94. The minimum atomic E-state index is -0.813. The number of rotatable bonds is 7. The smallest absolute Gasteiger partial charge is 0.438 e. The van der Waals surface area contributed by atoms with Crippen LogP contribution in [0.15, 0.2) is 30.3 Å². The molecule has 0 spiro atoms. The van der Waals surface area contributed by atoms with Crippen LogP contribution in [0.25, 0.3) is 0 Å². The molecule has 0 bridgehead atoms. The Hall–Kier alpha value is -2.53. The van der Waals surface area contributed by atoms with E-state index < -0.39 is 6.09 Å². The molecule has 28 heavy (non-hydrogen) atoms. The van der Waals surface area contributed by atoms with Crippen molar-refractivity contribution in [2.24, 2.45) is 0 Å². The number of benzene rings is 2. The van der Waals surface area contributed by atoms with Crippen LogP contribution in [0.4, 0.5) is 10.5 Å². The van der Waals surface area contributed by atoms with E-state index in [4.69, 9.17) is 4.74 Å². The molecular formula is C23H29NO4. The summed E-state index contributed by atoms with van der Waals surface area (Å²) in [7, 11) is 1.25. The highest BCUT2D eigenvalue weighted by Gasteiger charge is 2.29. The number of ether oxygens (including phenoxy) is 2. The highest BCUT2D eigenvalue weighted by molar-refractivity contribution is 5.86. The molecule has 0 unspecified atom stereocenters. The Morgan fingerprint density at radius 2 is 1.89 bits per heavy atom. The topological polar surface area (TPSA) is 59.0 Å². The molecule has 1 fully saturated rings. The summed E-state index contributed by atoms with van der Waals surface area (Å²) in [6.07, 6.45) is 3.29. The molecule has 1 N–H and O–H groups in total. The van der Waals surface area contributed by atoms with Crippen LogP contribution in [0.3, 0.4) is 0 Å². The average Bonchev–Trinajstić information content (AvgIpc) is 3.56. The third-order valence-corrected chi connectivity index (χ3v) is 5.43. The Morgan fingerprint density at radius 3 is 2.50 bits per heavy atom. The van der Waals surface area contributed by atoms with E-state index in [1.807, 2.05) is 6.07 Å². The number of aryl methyl sites for hydroxylation is 3. The number of anilines is 1. The van der Waals surface area contributed by atoms with E-state index in [-0.39, 0.29) is 6.61 Å². The molecule has 150 valence electrons. The van der Waals surface area contributed by atoms with Crippen LogP contribution >= 0.6 is 0 Å². The van der Waals surface area contributed by atoms with Crippen molar-refractivity contribution in [1.82, 2.24) is 0 Å². The van der Waals surface area contributed by atoms with Crippen molar-refractivity contribution in [1.29, 1.82) is 0 Å². The van der Waals surface area contributed by atoms with Gasteiger partial charge in [0, 0.05) is 5.56 Å². The van der Waals surface area contributed by atoms with Gasteiger partial charge in [-0.15, -0.1) is 0 Å². The van der Waals surface area contributed by atoms with Gasteiger partial charge in [0.25, 0.3) is 0 Å². The number of hydrogen-bond donors (Lipinski definition) is 1. The minimum Gasteiger partial charge on any atom is -0.489 e. The second kappa shape index (κ2) is 8.65. The van der Waals surface area contributed by atoms with E-state index in [1.165, 1.54) is 23.8 Å². The molecule has 0 heterocycles. The molecule has 0 aromatic heterocycles. The zero-order valence-electron chi connectivity index (χ0n) is 17.1. The van der Waals surface area contributed by atoms with E-state index in [2.05, 4.69) is 43.7 Å². The van der Waals surface area contributed by atoms with Crippen molar-refractivity contribution in [3.05, 3.63) is 58.1 Å². The quantitative estimate of drug-likeness (QED) is 0.504. The number of carbonyl (C=O) groups is 1. The first-order chi connectivity index (χ1) is 13.5. The summed E-state index contributed by atoms with van der Waals surface area (Å²) in [6, 6.07) is 9.93. The first kappa shape index (κ1) is 20.2. The van der Waals surface area contributed by atoms with Gasteiger partial charge in [0.1, 0.15) is 12.4 Å². The van der Waals surface area contributed by atoms with E-state index in [0.29, 0.717) is 16.7 Å². The molecule has 1 amide bonds. The number of nitrogens with zero attached hydrogens (tertiary/aromatic N) is 1. The molecule has 1 aliphatic rings. The zero-order valence-corrected chi connectivity index (χ0v) is 17.1. The van der Waals surface area contributed by atoms with Crippen molar-refractivity contribution >= 4 is 11.8 Å². The van der Waals surface area contributed by atoms with Crippen LogP contribution in [-0.4, -0.2) is 18.4 Å². The number of hydroxylamine groups is 1. The lowest BCUT2D eigenvalue weighted by Gasteiger charge is -2.21. The van der Waals surface area contributed by atoms with Crippen molar-refractivity contribution < 1.29 is 19.5 Å². The summed E-state index contributed by atoms with van der Waals surface area (Å²) in [4.78, 5) is 11.9. The lowest BCUT2D eigenvalue weighted by atomic mass is 10.00. The summed E-state index contributed by atoms with van der Waals surface area (Å²) in [6.45, 7) is 6.66. The summed E-state index contributed by atoms with van der Waals surface area (Å²) >= 11 is 0. The van der Waals surface area contributed by atoms with Crippen LogP contribution < -0.4 is 9.80 Å². The Labute approximate surface area is 166 Å². The molecule has 2 aromatic rings. The third-order valence-electron chi connectivity index (χ3n) is 5.43. The van der Waals surface area contributed by atoms with Gasteiger partial charge in [-0.2, -0.15) is 5.06 Å². The second-order valence-electron chi connectivity index (χ2n) is 7.28. The normalized spacial score (nSPS) is 13.3. The molecule has 3 rings (SSSR count). The summed E-state index contributed by atoms with van der Waals surface area (Å²) < 4.78 is 10.9. The van der Waals surface area contributed by atoms with Gasteiger partial charge in [0.15, 0.2) is 0 Å². The Kier molecular flexibility index (Phi) is 6.25. The van der Waals surface area contributed by atoms with Crippen LogP contribution in [0.5, 0.6) is 5.75 Å². The predicted octanol–water partition coefficient (Wildman–Crippen LogP) is 5.54. The summed E-state index contributed by atoms with van der Waals surface area (Å²) in [5.41, 5.74) is 6.08. The van der Waals surface area contributed by atoms with Crippen LogP contribution in [0, 0.1) is 6.92 Å². The van der Waals surface area contributed by atoms with Crippen LogP contribution in [0.2, 0.25) is 0 Å². The predicted molar refractivity (Wildman–Crippen MR) is 109 cm³/mol. The molecule has 2 aromatic carbocycles. The van der Waals surface area contributed by atoms with Crippen molar-refractivity contribution in [3.63, 3.8) is 0 Å². The van der Waals surface area contributed by atoms with Gasteiger partial charge in [-0.05, 0) is 72.9 Å². The lowest BCUT2D eigenvalue weighted by molar-refractivity contribution is 0.140. The zero-order chi connectivity index (χ0) is 20.3. The first-order valence-electron chi connectivity index (χ1n) is 9.94. The van der Waals surface area contributed by atoms with Crippen molar-refractivity contribution in [3.8, 4) is 5.75 Å². The van der Waals surface area contributed by atoms with Crippen molar-refractivity contribution in [2.75, 3.05) is 12.2 Å². The molecule has 5 heteroatoms. The molecule has 0 saturated heterocycles. The van der Waals surface area contributed by atoms with Gasteiger partial charge < -0.3 is 9.47 Å². The van der Waals surface area contributed by atoms with Gasteiger partial charge >= 0.3 is 6.09 Å². The van der Waals surface area contributed by atoms with Crippen LogP contribution in [0.1, 0.15) is 60.4 Å². The SMILES string of the molecule is CCc1cc(CC)c(OCc2c(C3CC3)cccc2N(O)C(=O)OC)cc1C. The molecular weight excluding hydrogens is 354 g/mol. The van der Waals surface area contributed by atoms with Crippen molar-refractivity contribution in [2.45, 2.75) is 59.0 Å². The van der Waals surface area contributed by atoms with Gasteiger partial charge in [-0.1, -0.05) is 32.0 Å². The van der Waals surface area contributed by atoms with E-state index in [0.717, 1.165) is 42.6 Å². The van der Waals surface area contributed by atoms with Gasteiger partial charge in [-0.25, -0.2) is 4.79 Å². The second-order valence-corrected chi connectivity index (χ2v) is 7.28. The van der Waals surface area contributed by atoms with E-state index in [9.17, 15) is 10.0 Å². The summed E-state index contributed by atoms with van der Waals surface area (Å²) in [5.74, 6) is 1.32. The maximum absolute atomic E-state index is 11.9. The van der Waals surface area contributed by atoms with Gasteiger partial charge in [0.05, 0.1) is 12.8 Å². The molecule has 1 saturated carbocycles. The maximum atomic E-state index is 11.9. The standard InChI is InChI=1S/C23H29NO4/c1-5-16-13-17(6-2)22(12-15(16)3)28-14-20-19(18-10-11-18)8-7-9-21(20)24(26)23(25)27-4/h7-9,12-13,18,26H,5-6,10-11,14H2,1-4H3. The van der Waals surface area contributed by atoms with E-state index in [1.54, 1.807) is 6.07 Å².